The Hall–Kier alpha value is 3.88. The molecule has 0 aliphatic rings. The first-order chi connectivity index (χ1) is 2.00. The first-order valence-corrected chi connectivity index (χ1v) is 15.2. The summed E-state index contributed by atoms with van der Waals surface area (Å²) in [4.78, 5) is 0. The predicted molar refractivity (Wildman–Crippen MR) is 61.8 cm³/mol. The van der Waals surface area contributed by atoms with Gasteiger partial charge >= 0.3 is -1.94 Å². The molecular weight excluding hydrogens is 644 g/mol. The van der Waals surface area contributed by atoms with Crippen molar-refractivity contribution in [2.75, 3.05) is 0 Å². The molecule has 0 aromatic heterocycles. The zero-order valence-electron chi connectivity index (χ0n) is 2.31. The molecule has 6 heteroatoms. The molecule has 0 rings (SSSR count). The minimum Gasteiger partial charge on any atom is -0.0791 e. The summed E-state index contributed by atoms with van der Waals surface area (Å²) in [6.45, 7) is 0. The van der Waals surface area contributed by atoms with Crippen LogP contribution in [-0.4, -0.2) is -1.94 Å². The van der Waals surface area contributed by atoms with Crippen molar-refractivity contribution in [1.82, 2.24) is 0 Å². The topological polar surface area (TPSA) is 0 Å². The molecule has 6 heavy (non-hydrogen) atoms. The molecule has 0 aromatic rings. The molecule has 0 saturated heterocycles. The van der Waals surface area contributed by atoms with Gasteiger partial charge in [0.05, 0.1) is 0 Å². The Kier molecular flexibility index (Phi) is 11.8. The molecule has 0 saturated carbocycles. The zero-order chi connectivity index (χ0) is 4.50. The van der Waals surface area contributed by atoms with Crippen molar-refractivity contribution in [1.29, 1.82) is 0 Å². The van der Waals surface area contributed by atoms with Crippen LogP contribution in [0.4, 0.5) is 0 Å². The van der Waals surface area contributed by atoms with Crippen LogP contribution in [0.3, 0.4) is 0 Å². The van der Waals surface area contributed by atoms with Gasteiger partial charge in [-0.3, -0.25) is 0 Å². The van der Waals surface area contributed by atoms with Gasteiger partial charge < -0.3 is 0 Å². The molecule has 0 aromatic carbocycles. The predicted octanol–water partition coefficient (Wildman–Crippen LogP) is 3.16. The summed E-state index contributed by atoms with van der Waals surface area (Å²) in [5, 5.41) is 0. The van der Waals surface area contributed by atoms with Gasteiger partial charge in [-0.05, 0) is 0 Å². The molecule has 0 heterocycles. The molecule has 0 fully saturated rings. The quantitative estimate of drug-likeness (QED) is 0.216. The molecule has 43 valence electrons. The maximum absolute atomic E-state index is 2.48. The van der Waals surface area contributed by atoms with E-state index in [1.54, 1.807) is 0 Å². The summed E-state index contributed by atoms with van der Waals surface area (Å²) in [7, 11) is 0. The van der Waals surface area contributed by atoms with Crippen LogP contribution in [0.2, 0.25) is 0 Å². The summed E-state index contributed by atoms with van der Waals surface area (Å²) in [6, 6.07) is 0. The monoisotopic (exact) mass is 642 g/mol. The minimum absolute atomic E-state index is 0. The third kappa shape index (κ3) is 24.8. The molecule has 0 amide bonds. The first-order valence-electron chi connectivity index (χ1n) is 0.756. The van der Waals surface area contributed by atoms with Crippen LogP contribution >= 0.6 is 87.2 Å². The summed E-state index contributed by atoms with van der Waals surface area (Å²) >= 11 is 9.91. The summed E-state index contributed by atoms with van der Waals surface area (Å²) in [5.41, 5.74) is 0. The Labute approximate surface area is 105 Å². The van der Waals surface area contributed by atoms with Crippen molar-refractivity contribution < 1.29 is 22.4 Å². The van der Waals surface area contributed by atoms with Crippen LogP contribution < -0.4 is 0 Å². The fourth-order valence-electron chi connectivity index (χ4n) is 0. The smallest absolute Gasteiger partial charge is 0.0791 e. The van der Waals surface area contributed by atoms with Gasteiger partial charge in [-0.2, -0.15) is 0 Å². The van der Waals surface area contributed by atoms with Gasteiger partial charge in [0.15, 0.2) is 0 Å². The molecule has 0 aliphatic heterocycles. The summed E-state index contributed by atoms with van der Waals surface area (Å²) in [5.74, 6) is 0. The number of halogens is 4. The Morgan fingerprint density at radius 2 is 0.833 bits per heavy atom. The molecule has 1 radical (unpaired) electrons. The second-order valence-corrected chi connectivity index (χ2v) is 57.9. The van der Waals surface area contributed by atoms with Gasteiger partial charge in [0.2, 0.25) is 0 Å². The zero-order valence-corrected chi connectivity index (χ0v) is 13.4. The normalized spacial score (nSPS) is 10.0. The second-order valence-electron chi connectivity index (χ2n) is 0.429. The Morgan fingerprint density at radius 1 is 0.833 bits per heavy atom. The van der Waals surface area contributed by atoms with E-state index >= 15 is 0 Å². The first kappa shape index (κ1) is 12.5. The standard InChI is InChI=1S/Ag.I4Si/c;1-5(2,3)4. The molecule has 0 unspecified atom stereocenters. The van der Waals surface area contributed by atoms with Gasteiger partial charge in [0.25, 0.3) is 0 Å². The van der Waals surface area contributed by atoms with Crippen LogP contribution in [0.15, 0.2) is 0 Å². The molecule has 0 N–H and O–H groups in total. The number of hydrogen-bond acceptors (Lipinski definition) is 0. The van der Waals surface area contributed by atoms with Crippen LogP contribution in [0.1, 0.15) is 0 Å². The van der Waals surface area contributed by atoms with Crippen molar-refractivity contribution in [2.45, 2.75) is 0 Å². The molecule has 0 bridgehead atoms. The van der Waals surface area contributed by atoms with E-state index in [2.05, 4.69) is 87.2 Å². The third-order valence-electron chi connectivity index (χ3n) is 0. The van der Waals surface area contributed by atoms with E-state index in [9.17, 15) is 0 Å². The van der Waals surface area contributed by atoms with E-state index in [0.717, 1.165) is 0 Å². The average Bonchev–Trinajstić information content (AvgIpc) is 0.722. The Morgan fingerprint density at radius 3 is 0.833 bits per heavy atom. The van der Waals surface area contributed by atoms with Crippen LogP contribution in [0.25, 0.3) is 0 Å². The van der Waals surface area contributed by atoms with Crippen molar-refractivity contribution >= 4 is 85.2 Å². The molecule has 0 spiro atoms. The Bertz CT molecular complexity index is 23.0. The van der Waals surface area contributed by atoms with E-state index in [0.29, 0.717) is 0 Å². The van der Waals surface area contributed by atoms with E-state index in [1.807, 2.05) is 0 Å². The molecule has 0 nitrogen and oxygen atoms in total. The molecule has 0 atom stereocenters. The minimum atomic E-state index is -0.731. The number of rotatable bonds is 0. The van der Waals surface area contributed by atoms with Gasteiger partial charge in [0.1, 0.15) is 0 Å². The molecular formula is AgI4Si. The Balaban J connectivity index is 0. The largest absolute Gasteiger partial charge is 0.317 e. The van der Waals surface area contributed by atoms with E-state index in [1.165, 1.54) is 0 Å². The van der Waals surface area contributed by atoms with Crippen molar-refractivity contribution in [3.05, 3.63) is 0 Å². The molecule has 0 aliphatic carbocycles. The van der Waals surface area contributed by atoms with Crippen LogP contribution in [0, 0.1) is 0 Å². The summed E-state index contributed by atoms with van der Waals surface area (Å²) in [6.07, 6.45) is 0. The van der Waals surface area contributed by atoms with Gasteiger partial charge in [-0.1, -0.05) is 87.2 Å². The maximum atomic E-state index is 2.48. The third-order valence-corrected chi connectivity index (χ3v) is 0. The van der Waals surface area contributed by atoms with Gasteiger partial charge in [-0.25, -0.2) is 0 Å². The summed E-state index contributed by atoms with van der Waals surface area (Å²) < 4.78 is -0.731. The second kappa shape index (κ2) is 5.65. The van der Waals surface area contributed by atoms with Crippen molar-refractivity contribution in [3.63, 3.8) is 0 Å². The average molecular weight is 644 g/mol. The van der Waals surface area contributed by atoms with Gasteiger partial charge in [0, 0.05) is 22.4 Å². The SMILES string of the molecule is I[Si](I)(I)I.[Ag]. The fourth-order valence-corrected chi connectivity index (χ4v) is 0. The van der Waals surface area contributed by atoms with Crippen LogP contribution in [0.5, 0.6) is 0 Å². The number of hydrogen-bond donors (Lipinski definition) is 0. The fraction of sp³-hybridized carbons (Fsp3) is 0. The van der Waals surface area contributed by atoms with E-state index < -0.39 is -1.94 Å². The van der Waals surface area contributed by atoms with Crippen molar-refractivity contribution in [3.8, 4) is 0 Å². The van der Waals surface area contributed by atoms with Gasteiger partial charge in [-0.15, -0.1) is 0 Å². The van der Waals surface area contributed by atoms with Crippen LogP contribution in [-0.2, 0) is 22.4 Å². The van der Waals surface area contributed by atoms with E-state index in [4.69, 9.17) is 0 Å². The maximum Gasteiger partial charge on any atom is 0.317 e. The van der Waals surface area contributed by atoms with Crippen molar-refractivity contribution in [2.24, 2.45) is 0 Å². The van der Waals surface area contributed by atoms with E-state index in [-0.39, 0.29) is 22.4 Å².